The topological polar surface area (TPSA) is 88.7 Å². The fourth-order valence-electron chi connectivity index (χ4n) is 1.85. The number of ether oxygens (including phenoxy) is 2. The molecule has 0 bridgehead atoms. The van der Waals surface area contributed by atoms with Crippen LogP contribution in [0.5, 0.6) is 11.5 Å². The molecule has 2 rings (SSSR count). The third-order valence-corrected chi connectivity index (χ3v) is 3.30. The molecular weight excluding hydrogens is 334 g/mol. The molecule has 7 nitrogen and oxygen atoms in total. The Hall–Kier alpha value is -2.93. The highest BCUT2D eigenvalue weighted by Crippen LogP contribution is 2.28. The highest BCUT2D eigenvalue weighted by atomic mass is 35.5. The van der Waals surface area contributed by atoms with Gasteiger partial charge in [0.15, 0.2) is 0 Å². The zero-order chi connectivity index (χ0) is 17.5. The molecule has 0 aliphatic carbocycles. The number of anilines is 1. The molecular formula is C16H16ClN3O4. The predicted octanol–water partition coefficient (Wildman–Crippen LogP) is 2.82. The van der Waals surface area contributed by atoms with Crippen LogP contribution in [0.1, 0.15) is 10.4 Å². The third kappa shape index (κ3) is 4.53. The first kappa shape index (κ1) is 17.4. The van der Waals surface area contributed by atoms with Gasteiger partial charge in [-0.1, -0.05) is 11.6 Å². The van der Waals surface area contributed by atoms with Crippen molar-refractivity contribution in [2.24, 2.45) is 0 Å². The van der Waals surface area contributed by atoms with Crippen LogP contribution in [0.3, 0.4) is 0 Å². The first-order valence-electron chi connectivity index (χ1n) is 6.88. The van der Waals surface area contributed by atoms with Crippen molar-refractivity contribution in [2.45, 2.75) is 0 Å². The van der Waals surface area contributed by atoms with E-state index in [1.54, 1.807) is 42.5 Å². The number of rotatable bonds is 4. The predicted molar refractivity (Wildman–Crippen MR) is 90.6 cm³/mol. The minimum atomic E-state index is -0.635. The SMILES string of the molecule is COc1ccc(OC)c(NC(=O)NNC(=O)c2ccc(Cl)cc2)c1. The lowest BCUT2D eigenvalue weighted by Crippen LogP contribution is -2.43. The van der Waals surface area contributed by atoms with Crippen molar-refractivity contribution in [1.29, 1.82) is 0 Å². The summed E-state index contributed by atoms with van der Waals surface area (Å²) in [6.45, 7) is 0. The van der Waals surface area contributed by atoms with Gasteiger partial charge in [0.25, 0.3) is 5.91 Å². The van der Waals surface area contributed by atoms with E-state index in [4.69, 9.17) is 21.1 Å². The van der Waals surface area contributed by atoms with Gasteiger partial charge in [0, 0.05) is 16.7 Å². The maximum absolute atomic E-state index is 11.9. The Morgan fingerprint density at radius 3 is 2.29 bits per heavy atom. The quantitative estimate of drug-likeness (QED) is 0.740. The summed E-state index contributed by atoms with van der Waals surface area (Å²) in [6, 6.07) is 10.6. The molecule has 0 aromatic heterocycles. The van der Waals surface area contributed by atoms with Crippen LogP contribution in [-0.4, -0.2) is 26.2 Å². The van der Waals surface area contributed by atoms with E-state index in [0.29, 0.717) is 27.8 Å². The normalized spacial score (nSPS) is 9.79. The van der Waals surface area contributed by atoms with Crippen LogP contribution in [0.15, 0.2) is 42.5 Å². The number of amides is 3. The number of hydrazine groups is 1. The second kappa shape index (κ2) is 8.07. The molecule has 24 heavy (non-hydrogen) atoms. The Bertz CT molecular complexity index is 735. The molecule has 0 saturated carbocycles. The maximum atomic E-state index is 11.9. The Morgan fingerprint density at radius 2 is 1.67 bits per heavy atom. The molecule has 2 aromatic carbocycles. The molecule has 0 aliphatic rings. The summed E-state index contributed by atoms with van der Waals surface area (Å²) in [4.78, 5) is 23.8. The van der Waals surface area contributed by atoms with Crippen LogP contribution in [0, 0.1) is 0 Å². The van der Waals surface area contributed by atoms with E-state index in [-0.39, 0.29) is 0 Å². The number of hydrogen-bond acceptors (Lipinski definition) is 4. The second-order valence-corrected chi connectivity index (χ2v) is 5.04. The van der Waals surface area contributed by atoms with Crippen molar-refractivity contribution in [3.63, 3.8) is 0 Å². The zero-order valence-electron chi connectivity index (χ0n) is 13.1. The highest BCUT2D eigenvalue weighted by molar-refractivity contribution is 6.30. The van der Waals surface area contributed by atoms with Gasteiger partial charge in [-0.2, -0.15) is 0 Å². The largest absolute Gasteiger partial charge is 0.497 e. The molecule has 0 atom stereocenters. The number of carbonyl (C=O) groups is 2. The minimum Gasteiger partial charge on any atom is -0.497 e. The number of urea groups is 1. The third-order valence-electron chi connectivity index (χ3n) is 3.05. The summed E-state index contributed by atoms with van der Waals surface area (Å²) >= 11 is 5.75. The molecule has 2 aromatic rings. The van der Waals surface area contributed by atoms with Crippen LogP contribution in [0.25, 0.3) is 0 Å². The summed E-state index contributed by atoms with van der Waals surface area (Å²) in [6.07, 6.45) is 0. The molecule has 0 saturated heterocycles. The van der Waals surface area contributed by atoms with Crippen LogP contribution in [0.4, 0.5) is 10.5 Å². The molecule has 0 spiro atoms. The van der Waals surface area contributed by atoms with E-state index in [1.165, 1.54) is 14.2 Å². The molecule has 0 radical (unpaired) electrons. The van der Waals surface area contributed by atoms with Crippen LogP contribution >= 0.6 is 11.6 Å². The number of halogens is 1. The average molecular weight is 350 g/mol. The van der Waals surface area contributed by atoms with Gasteiger partial charge in [-0.25, -0.2) is 10.2 Å². The van der Waals surface area contributed by atoms with Crippen LogP contribution in [-0.2, 0) is 0 Å². The zero-order valence-corrected chi connectivity index (χ0v) is 13.8. The summed E-state index contributed by atoms with van der Waals surface area (Å²) in [7, 11) is 2.99. The summed E-state index contributed by atoms with van der Waals surface area (Å²) < 4.78 is 10.2. The Morgan fingerprint density at radius 1 is 0.958 bits per heavy atom. The standard InChI is InChI=1S/C16H16ClN3O4/c1-23-12-7-8-14(24-2)13(9-12)18-16(22)20-19-15(21)10-3-5-11(17)6-4-10/h3-9H,1-2H3,(H,19,21)(H2,18,20,22). The van der Waals surface area contributed by atoms with E-state index >= 15 is 0 Å². The molecule has 3 N–H and O–H groups in total. The molecule has 0 unspecified atom stereocenters. The Kier molecular flexibility index (Phi) is 5.86. The van der Waals surface area contributed by atoms with Gasteiger partial charge in [-0.15, -0.1) is 0 Å². The van der Waals surface area contributed by atoms with E-state index in [9.17, 15) is 9.59 Å². The lowest BCUT2D eigenvalue weighted by molar-refractivity contribution is 0.0938. The van der Waals surface area contributed by atoms with E-state index in [1.807, 2.05) is 0 Å². The average Bonchev–Trinajstić information content (AvgIpc) is 2.60. The van der Waals surface area contributed by atoms with Crippen molar-refractivity contribution in [3.05, 3.63) is 53.1 Å². The monoisotopic (exact) mass is 349 g/mol. The maximum Gasteiger partial charge on any atom is 0.338 e. The van der Waals surface area contributed by atoms with Gasteiger partial charge in [0.05, 0.1) is 19.9 Å². The molecule has 3 amide bonds. The lowest BCUT2D eigenvalue weighted by atomic mass is 10.2. The Balaban J connectivity index is 1.96. The fourth-order valence-corrected chi connectivity index (χ4v) is 1.98. The number of nitrogens with one attached hydrogen (secondary N) is 3. The number of hydrogen-bond donors (Lipinski definition) is 3. The van der Waals surface area contributed by atoms with Gasteiger partial charge >= 0.3 is 6.03 Å². The van der Waals surface area contributed by atoms with Crippen molar-refractivity contribution in [1.82, 2.24) is 10.9 Å². The second-order valence-electron chi connectivity index (χ2n) is 4.61. The van der Waals surface area contributed by atoms with E-state index in [0.717, 1.165) is 0 Å². The van der Waals surface area contributed by atoms with Crippen LogP contribution < -0.4 is 25.6 Å². The van der Waals surface area contributed by atoms with Crippen molar-refractivity contribution >= 4 is 29.2 Å². The van der Waals surface area contributed by atoms with E-state index < -0.39 is 11.9 Å². The first-order valence-corrected chi connectivity index (χ1v) is 7.26. The first-order chi connectivity index (χ1) is 11.5. The van der Waals surface area contributed by atoms with Crippen molar-refractivity contribution in [3.8, 4) is 11.5 Å². The smallest absolute Gasteiger partial charge is 0.338 e. The van der Waals surface area contributed by atoms with Gasteiger partial charge < -0.3 is 14.8 Å². The highest BCUT2D eigenvalue weighted by Gasteiger charge is 2.10. The van der Waals surface area contributed by atoms with Crippen LogP contribution in [0.2, 0.25) is 5.02 Å². The fraction of sp³-hybridized carbons (Fsp3) is 0.125. The molecule has 8 heteroatoms. The van der Waals surface area contributed by atoms with Crippen molar-refractivity contribution in [2.75, 3.05) is 19.5 Å². The van der Waals surface area contributed by atoms with E-state index in [2.05, 4.69) is 16.2 Å². The van der Waals surface area contributed by atoms with Gasteiger partial charge in [-0.05, 0) is 36.4 Å². The summed E-state index contributed by atoms with van der Waals surface area (Å²) in [5, 5.41) is 3.08. The summed E-state index contributed by atoms with van der Waals surface area (Å²) in [5.41, 5.74) is 5.30. The number of carbonyl (C=O) groups excluding carboxylic acids is 2. The van der Waals surface area contributed by atoms with Gasteiger partial charge in [-0.3, -0.25) is 10.2 Å². The molecule has 126 valence electrons. The lowest BCUT2D eigenvalue weighted by Gasteiger charge is -2.13. The molecule has 0 fully saturated rings. The number of methoxy groups -OCH3 is 2. The van der Waals surface area contributed by atoms with Gasteiger partial charge in [0.2, 0.25) is 0 Å². The molecule has 0 heterocycles. The number of benzene rings is 2. The van der Waals surface area contributed by atoms with Crippen molar-refractivity contribution < 1.29 is 19.1 Å². The Labute approximate surface area is 143 Å². The molecule has 0 aliphatic heterocycles. The minimum absolute atomic E-state index is 0.360. The summed E-state index contributed by atoms with van der Waals surface area (Å²) in [5.74, 6) is 0.533. The van der Waals surface area contributed by atoms with Gasteiger partial charge in [0.1, 0.15) is 11.5 Å².